The maximum absolute atomic E-state index is 13.1. The SMILES string of the molecule is Br.CC.CCCCCCCCc1ccc(C(=O)Oc2ccc(CC(=O)c3ccc(OCC[n+]4ccc(N(C)C)cc4)cc3)c(C)c2C)cc1. The van der Waals surface area contributed by atoms with Crippen molar-refractivity contribution in [2.75, 3.05) is 25.6 Å². The zero-order chi connectivity index (χ0) is 34.9. The fraction of sp³-hybridized carbons (Fsp3) is 0.405. The number of unbranched alkanes of at least 4 members (excludes halogenated alkanes) is 5. The Bertz CT molecular complexity index is 1570. The average molecular weight is 733 g/mol. The van der Waals surface area contributed by atoms with Gasteiger partial charge < -0.3 is 14.4 Å². The molecule has 0 bridgehead atoms. The Morgan fingerprint density at radius 1 is 0.735 bits per heavy atom. The summed E-state index contributed by atoms with van der Waals surface area (Å²) in [6.07, 6.45) is 13.0. The fourth-order valence-electron chi connectivity index (χ4n) is 5.41. The summed E-state index contributed by atoms with van der Waals surface area (Å²) in [5.74, 6) is 0.896. The first-order chi connectivity index (χ1) is 23.2. The van der Waals surface area contributed by atoms with Crippen LogP contribution in [0.2, 0.25) is 0 Å². The minimum atomic E-state index is -0.374. The lowest BCUT2D eigenvalue weighted by Gasteiger charge is -2.14. The van der Waals surface area contributed by atoms with Crippen LogP contribution in [0.25, 0.3) is 0 Å². The van der Waals surface area contributed by atoms with Crippen molar-refractivity contribution in [3.05, 3.63) is 119 Å². The van der Waals surface area contributed by atoms with Crippen molar-refractivity contribution in [2.24, 2.45) is 0 Å². The maximum Gasteiger partial charge on any atom is 0.343 e. The highest BCUT2D eigenvalue weighted by Gasteiger charge is 2.16. The zero-order valence-corrected chi connectivity index (χ0v) is 32.3. The largest absolute Gasteiger partial charge is 0.487 e. The van der Waals surface area contributed by atoms with E-state index in [0.717, 1.165) is 41.1 Å². The van der Waals surface area contributed by atoms with Gasteiger partial charge in [0.1, 0.15) is 18.1 Å². The lowest BCUT2D eigenvalue weighted by atomic mass is 9.96. The monoisotopic (exact) mass is 731 g/mol. The van der Waals surface area contributed by atoms with Crippen molar-refractivity contribution in [1.82, 2.24) is 0 Å². The molecule has 0 saturated carbocycles. The van der Waals surface area contributed by atoms with Gasteiger partial charge >= 0.3 is 5.97 Å². The van der Waals surface area contributed by atoms with Gasteiger partial charge in [0, 0.05) is 43.9 Å². The molecule has 0 radical (unpaired) electrons. The van der Waals surface area contributed by atoms with Crippen LogP contribution < -0.4 is 18.9 Å². The Morgan fingerprint density at radius 3 is 1.98 bits per heavy atom. The number of rotatable bonds is 17. The molecule has 1 aromatic heterocycles. The number of hydrogen-bond acceptors (Lipinski definition) is 5. The minimum Gasteiger partial charge on any atom is -0.487 e. The standard InChI is InChI=1S/C40H49N2O4.C2H6.BrH/c1-6-7-8-9-10-11-12-32-13-15-34(16-14-32)40(44)46-39-22-19-35(30(2)31(39)3)29-38(43)33-17-20-37(21-18-33)45-28-27-42-25-23-36(24-26-42)41(4)5;1-2;/h13-26H,6-12,27-29H2,1-5H3;1-2H3;1H/q+1;;. The molecule has 4 aromatic rings. The number of pyridine rings is 1. The molecule has 0 aliphatic heterocycles. The Morgan fingerprint density at radius 2 is 1.35 bits per heavy atom. The molecule has 6 nitrogen and oxygen atoms in total. The molecule has 3 aromatic carbocycles. The van der Waals surface area contributed by atoms with E-state index in [1.807, 2.05) is 109 Å². The highest BCUT2D eigenvalue weighted by molar-refractivity contribution is 8.93. The first-order valence-electron chi connectivity index (χ1n) is 17.6. The molecule has 49 heavy (non-hydrogen) atoms. The molecule has 0 fully saturated rings. The number of carbonyl (C=O) groups is 2. The van der Waals surface area contributed by atoms with E-state index in [-0.39, 0.29) is 35.2 Å². The molecule has 0 spiro atoms. The predicted molar refractivity (Wildman–Crippen MR) is 207 cm³/mol. The van der Waals surface area contributed by atoms with Gasteiger partial charge in [-0.25, -0.2) is 9.36 Å². The third-order valence-corrected chi connectivity index (χ3v) is 8.60. The number of hydrogen-bond donors (Lipinski definition) is 0. The van der Waals surface area contributed by atoms with Gasteiger partial charge in [-0.3, -0.25) is 4.79 Å². The molecule has 4 rings (SSSR count). The summed E-state index contributed by atoms with van der Waals surface area (Å²) in [5, 5.41) is 0. The van der Waals surface area contributed by atoms with Crippen molar-refractivity contribution < 1.29 is 23.6 Å². The average Bonchev–Trinajstić information content (AvgIpc) is 3.11. The predicted octanol–water partition coefficient (Wildman–Crippen LogP) is 9.89. The molecular weight excluding hydrogens is 676 g/mol. The van der Waals surface area contributed by atoms with Crippen LogP contribution in [-0.4, -0.2) is 32.5 Å². The van der Waals surface area contributed by atoms with Gasteiger partial charge in [0.15, 0.2) is 24.7 Å². The van der Waals surface area contributed by atoms with Crippen LogP contribution in [0.3, 0.4) is 0 Å². The number of carbonyl (C=O) groups excluding carboxylic acids is 2. The Kier molecular flexibility index (Phi) is 18.4. The fourth-order valence-corrected chi connectivity index (χ4v) is 5.41. The summed E-state index contributed by atoms with van der Waals surface area (Å²) in [6.45, 7) is 11.4. The number of nitrogens with zero attached hydrogens (tertiary/aromatic N) is 2. The van der Waals surface area contributed by atoms with Crippen LogP contribution in [-0.2, 0) is 19.4 Å². The highest BCUT2D eigenvalue weighted by Crippen LogP contribution is 2.27. The van der Waals surface area contributed by atoms with Gasteiger partial charge in [-0.15, -0.1) is 17.0 Å². The molecule has 0 atom stereocenters. The van der Waals surface area contributed by atoms with Crippen molar-refractivity contribution in [3.8, 4) is 11.5 Å². The summed E-state index contributed by atoms with van der Waals surface area (Å²) >= 11 is 0. The second-order valence-electron chi connectivity index (χ2n) is 12.2. The molecule has 1 heterocycles. The van der Waals surface area contributed by atoms with Crippen molar-refractivity contribution >= 4 is 34.4 Å². The normalized spacial score (nSPS) is 10.3. The first kappa shape index (κ1) is 41.2. The first-order valence-corrected chi connectivity index (χ1v) is 17.6. The summed E-state index contributed by atoms with van der Waals surface area (Å²) in [7, 11) is 4.04. The van der Waals surface area contributed by atoms with Crippen LogP contribution in [0.1, 0.15) is 102 Å². The third kappa shape index (κ3) is 13.1. The smallest absolute Gasteiger partial charge is 0.343 e. The molecule has 0 N–H and O–H groups in total. The summed E-state index contributed by atoms with van der Waals surface area (Å²) in [6, 6.07) is 22.9. The molecule has 0 saturated heterocycles. The van der Waals surface area contributed by atoms with Gasteiger partial charge in [-0.1, -0.05) is 71.1 Å². The Balaban J connectivity index is 0.00000273. The topological polar surface area (TPSA) is 59.7 Å². The quantitative estimate of drug-likeness (QED) is 0.0356. The second-order valence-corrected chi connectivity index (χ2v) is 12.2. The molecule has 0 unspecified atom stereocenters. The van der Waals surface area contributed by atoms with Crippen molar-refractivity contribution in [2.45, 2.75) is 92.5 Å². The highest BCUT2D eigenvalue weighted by atomic mass is 79.9. The minimum absolute atomic E-state index is 0. The van der Waals surface area contributed by atoms with Crippen LogP contribution in [0, 0.1) is 13.8 Å². The third-order valence-electron chi connectivity index (χ3n) is 8.60. The lowest BCUT2D eigenvalue weighted by Crippen LogP contribution is -2.35. The molecular formula is C42H56BrN2O4+. The summed E-state index contributed by atoms with van der Waals surface area (Å²) < 4.78 is 13.8. The lowest BCUT2D eigenvalue weighted by molar-refractivity contribution is -0.697. The maximum atomic E-state index is 13.1. The number of aryl methyl sites for hydroxylation is 1. The number of anilines is 1. The molecule has 0 amide bonds. The van der Waals surface area contributed by atoms with Gasteiger partial charge in [0.25, 0.3) is 0 Å². The van der Waals surface area contributed by atoms with Crippen molar-refractivity contribution in [1.29, 1.82) is 0 Å². The Labute approximate surface area is 305 Å². The Hall–Kier alpha value is -3.97. The van der Waals surface area contributed by atoms with Gasteiger partial charge in [-0.2, -0.15) is 0 Å². The second kappa shape index (κ2) is 21.9. The van der Waals surface area contributed by atoms with E-state index in [9.17, 15) is 9.59 Å². The number of aromatic nitrogens is 1. The van der Waals surface area contributed by atoms with E-state index >= 15 is 0 Å². The zero-order valence-electron chi connectivity index (χ0n) is 30.6. The van der Waals surface area contributed by atoms with Gasteiger partial charge in [-0.05, 0) is 91.4 Å². The molecule has 7 heteroatoms. The molecule has 264 valence electrons. The molecule has 0 aliphatic rings. The number of ether oxygens (including phenoxy) is 2. The number of benzene rings is 3. The number of esters is 1. The summed E-state index contributed by atoms with van der Waals surface area (Å²) in [4.78, 5) is 28.1. The van der Waals surface area contributed by atoms with Crippen LogP contribution in [0.4, 0.5) is 5.69 Å². The number of ketones is 1. The van der Waals surface area contributed by atoms with Crippen LogP contribution in [0.5, 0.6) is 11.5 Å². The van der Waals surface area contributed by atoms with E-state index in [1.54, 1.807) is 6.07 Å². The van der Waals surface area contributed by atoms with Crippen molar-refractivity contribution in [3.63, 3.8) is 0 Å². The summed E-state index contributed by atoms with van der Waals surface area (Å²) in [5.41, 5.74) is 6.29. The van der Waals surface area contributed by atoms with E-state index in [1.165, 1.54) is 44.1 Å². The van der Waals surface area contributed by atoms with Gasteiger partial charge in [0.05, 0.1) is 5.56 Å². The van der Waals surface area contributed by atoms with Crippen LogP contribution >= 0.6 is 17.0 Å². The molecule has 0 aliphatic carbocycles. The van der Waals surface area contributed by atoms with E-state index in [2.05, 4.69) is 28.5 Å². The number of halogens is 1. The number of Topliss-reactive ketones (excluding diaryl/α,β-unsaturated/α-hetero) is 1. The van der Waals surface area contributed by atoms with Gasteiger partial charge in [0.2, 0.25) is 0 Å². The van der Waals surface area contributed by atoms with Crippen LogP contribution in [0.15, 0.2) is 85.2 Å². The van der Waals surface area contributed by atoms with E-state index < -0.39 is 0 Å². The van der Waals surface area contributed by atoms with E-state index in [4.69, 9.17) is 9.47 Å². The van der Waals surface area contributed by atoms with E-state index in [0.29, 0.717) is 23.5 Å².